The van der Waals surface area contributed by atoms with E-state index in [9.17, 15) is 0 Å². The zero-order chi connectivity index (χ0) is 11.0. The Balaban J connectivity index is 4.18. The van der Waals surface area contributed by atoms with Gasteiger partial charge >= 0.3 is 0 Å². The smallest absolute Gasteiger partial charge is 0.0171 e. The number of unbranched alkanes of at least 4 members (excludes halogenated alkanes) is 2. The fraction of sp³-hybridized carbons (Fsp3) is 0.692. The van der Waals surface area contributed by atoms with Crippen molar-refractivity contribution in [2.75, 3.05) is 13.6 Å². The van der Waals surface area contributed by atoms with Gasteiger partial charge in [-0.25, -0.2) is 0 Å². The van der Waals surface area contributed by atoms with Crippen LogP contribution in [0.15, 0.2) is 23.9 Å². The fourth-order valence-electron chi connectivity index (χ4n) is 1.70. The van der Waals surface area contributed by atoms with Crippen LogP contribution in [0.3, 0.4) is 0 Å². The van der Waals surface area contributed by atoms with E-state index in [1.807, 2.05) is 6.08 Å². The first-order valence-electron chi connectivity index (χ1n) is 5.70. The molecule has 0 aromatic heterocycles. The molecule has 1 nitrogen and oxygen atoms in total. The first kappa shape index (κ1) is 13.3. The Labute approximate surface area is 89.5 Å². The molecule has 0 aromatic rings. The van der Waals surface area contributed by atoms with Gasteiger partial charge in [-0.1, -0.05) is 39.3 Å². The maximum Gasteiger partial charge on any atom is 0.0171 e. The topological polar surface area (TPSA) is 3.24 Å². The number of allylic oxidation sites excluding steroid dienone is 3. The molecule has 0 spiro atoms. The molecular weight excluding hydrogens is 170 g/mol. The van der Waals surface area contributed by atoms with Gasteiger partial charge in [0.05, 0.1) is 0 Å². The summed E-state index contributed by atoms with van der Waals surface area (Å²) >= 11 is 0. The predicted octanol–water partition coefficient (Wildman–Crippen LogP) is 3.98. The summed E-state index contributed by atoms with van der Waals surface area (Å²) in [7, 11) is 2.18. The summed E-state index contributed by atoms with van der Waals surface area (Å²) in [5.74, 6) is 0. The van der Waals surface area contributed by atoms with Crippen molar-refractivity contribution in [1.29, 1.82) is 0 Å². The minimum absolute atomic E-state index is 1.10. The van der Waals surface area contributed by atoms with E-state index in [1.165, 1.54) is 37.1 Å². The van der Waals surface area contributed by atoms with Crippen molar-refractivity contribution in [2.24, 2.45) is 0 Å². The average Bonchev–Trinajstić information content (AvgIpc) is 2.19. The first-order chi connectivity index (χ1) is 6.67. The van der Waals surface area contributed by atoms with Crippen LogP contribution >= 0.6 is 0 Å². The Morgan fingerprint density at radius 1 is 1.29 bits per heavy atom. The quantitative estimate of drug-likeness (QED) is 0.439. The summed E-state index contributed by atoms with van der Waals surface area (Å²) in [6.07, 6.45) is 6.96. The largest absolute Gasteiger partial charge is 0.378 e. The van der Waals surface area contributed by atoms with Crippen LogP contribution in [0.25, 0.3) is 0 Å². The Bertz CT molecular complexity index is 191. The molecule has 0 aromatic carbocycles. The molecule has 0 fully saturated rings. The highest BCUT2D eigenvalue weighted by atomic mass is 15.1. The molecule has 14 heavy (non-hydrogen) atoms. The third-order valence-corrected chi connectivity index (χ3v) is 2.65. The highest BCUT2D eigenvalue weighted by Gasteiger charge is 2.03. The molecule has 0 heterocycles. The Morgan fingerprint density at radius 3 is 2.36 bits per heavy atom. The van der Waals surface area contributed by atoms with E-state index in [1.54, 1.807) is 0 Å². The van der Waals surface area contributed by atoms with Crippen molar-refractivity contribution in [3.63, 3.8) is 0 Å². The summed E-state index contributed by atoms with van der Waals surface area (Å²) in [5, 5.41) is 0. The van der Waals surface area contributed by atoms with Gasteiger partial charge in [-0.2, -0.15) is 0 Å². The van der Waals surface area contributed by atoms with Gasteiger partial charge in [0.15, 0.2) is 0 Å². The third kappa shape index (κ3) is 4.50. The number of hydrogen-bond acceptors (Lipinski definition) is 1. The Kier molecular flexibility index (Phi) is 7.27. The Hall–Kier alpha value is -0.720. The maximum atomic E-state index is 3.82. The van der Waals surface area contributed by atoms with Crippen molar-refractivity contribution < 1.29 is 0 Å². The van der Waals surface area contributed by atoms with Crippen LogP contribution in [0.2, 0.25) is 0 Å². The van der Waals surface area contributed by atoms with E-state index in [4.69, 9.17) is 0 Å². The van der Waals surface area contributed by atoms with Gasteiger partial charge in [-0.05, 0) is 25.3 Å². The second kappa shape index (κ2) is 7.66. The normalized spacial score (nSPS) is 12.3. The van der Waals surface area contributed by atoms with Crippen LogP contribution in [0.4, 0.5) is 0 Å². The van der Waals surface area contributed by atoms with Gasteiger partial charge in [-0.3, -0.25) is 0 Å². The molecule has 0 aliphatic carbocycles. The van der Waals surface area contributed by atoms with Gasteiger partial charge in [0.25, 0.3) is 0 Å². The molecule has 82 valence electrons. The number of nitrogens with zero attached hydrogens (tertiary/aromatic N) is 1. The van der Waals surface area contributed by atoms with Crippen LogP contribution in [-0.2, 0) is 0 Å². The van der Waals surface area contributed by atoms with Gasteiger partial charge in [0, 0.05) is 19.3 Å². The van der Waals surface area contributed by atoms with Gasteiger partial charge in [0.2, 0.25) is 0 Å². The van der Waals surface area contributed by atoms with Crippen molar-refractivity contribution in [3.8, 4) is 0 Å². The first-order valence-corrected chi connectivity index (χ1v) is 5.70. The molecule has 0 saturated carbocycles. The SMILES string of the molecule is C=C/C(C)=C(\CC)N(C)CCCCC. The lowest BCUT2D eigenvalue weighted by Gasteiger charge is -2.23. The van der Waals surface area contributed by atoms with Gasteiger partial charge in [-0.15, -0.1) is 0 Å². The molecule has 0 rings (SSSR count). The van der Waals surface area contributed by atoms with E-state index in [2.05, 4.69) is 39.3 Å². The molecule has 0 amide bonds. The van der Waals surface area contributed by atoms with Crippen molar-refractivity contribution in [3.05, 3.63) is 23.9 Å². The molecule has 0 saturated heterocycles. The van der Waals surface area contributed by atoms with Crippen LogP contribution < -0.4 is 0 Å². The molecule has 1 heteroatoms. The van der Waals surface area contributed by atoms with E-state index >= 15 is 0 Å². The van der Waals surface area contributed by atoms with Crippen LogP contribution in [0, 0.1) is 0 Å². The lowest BCUT2D eigenvalue weighted by atomic mass is 10.1. The zero-order valence-electron chi connectivity index (χ0n) is 10.3. The monoisotopic (exact) mass is 195 g/mol. The maximum absolute atomic E-state index is 3.82. The van der Waals surface area contributed by atoms with Crippen molar-refractivity contribution in [1.82, 2.24) is 4.90 Å². The van der Waals surface area contributed by atoms with Gasteiger partial charge < -0.3 is 4.90 Å². The molecule has 0 aliphatic heterocycles. The van der Waals surface area contributed by atoms with E-state index in [0.29, 0.717) is 0 Å². The van der Waals surface area contributed by atoms with E-state index in [-0.39, 0.29) is 0 Å². The molecule has 0 unspecified atom stereocenters. The summed E-state index contributed by atoms with van der Waals surface area (Å²) in [6, 6.07) is 0. The second-order valence-corrected chi connectivity index (χ2v) is 3.82. The lowest BCUT2D eigenvalue weighted by molar-refractivity contribution is 0.387. The predicted molar refractivity (Wildman–Crippen MR) is 65.3 cm³/mol. The van der Waals surface area contributed by atoms with Crippen LogP contribution in [0.5, 0.6) is 0 Å². The molecule has 0 N–H and O–H groups in total. The van der Waals surface area contributed by atoms with Crippen molar-refractivity contribution in [2.45, 2.75) is 46.5 Å². The Morgan fingerprint density at radius 2 is 1.93 bits per heavy atom. The number of rotatable bonds is 7. The molecule has 0 bridgehead atoms. The summed E-state index contributed by atoms with van der Waals surface area (Å²) < 4.78 is 0. The summed E-state index contributed by atoms with van der Waals surface area (Å²) in [5.41, 5.74) is 2.74. The van der Waals surface area contributed by atoms with Crippen molar-refractivity contribution >= 4 is 0 Å². The highest BCUT2D eigenvalue weighted by molar-refractivity contribution is 5.20. The standard InChI is InChI=1S/C13H25N/c1-6-9-10-11-14(5)13(8-3)12(4)7-2/h7H,2,6,8-11H2,1,3-5H3/b13-12+. The minimum Gasteiger partial charge on any atom is -0.378 e. The highest BCUT2D eigenvalue weighted by Crippen LogP contribution is 2.14. The molecule has 0 aliphatic rings. The summed E-state index contributed by atoms with van der Waals surface area (Å²) in [4.78, 5) is 2.37. The van der Waals surface area contributed by atoms with E-state index < -0.39 is 0 Å². The third-order valence-electron chi connectivity index (χ3n) is 2.65. The molecule has 0 atom stereocenters. The van der Waals surface area contributed by atoms with Crippen LogP contribution in [-0.4, -0.2) is 18.5 Å². The lowest BCUT2D eigenvalue weighted by Crippen LogP contribution is -2.19. The minimum atomic E-state index is 1.10. The van der Waals surface area contributed by atoms with Crippen LogP contribution in [0.1, 0.15) is 46.5 Å². The summed E-state index contributed by atoms with van der Waals surface area (Å²) in [6.45, 7) is 11.6. The fourth-order valence-corrected chi connectivity index (χ4v) is 1.70. The molecule has 0 radical (unpaired) electrons. The molecular formula is C13H25N. The second-order valence-electron chi connectivity index (χ2n) is 3.82. The average molecular weight is 195 g/mol. The number of hydrogen-bond donors (Lipinski definition) is 0. The zero-order valence-corrected chi connectivity index (χ0v) is 10.3. The van der Waals surface area contributed by atoms with E-state index in [0.717, 1.165) is 6.42 Å². The van der Waals surface area contributed by atoms with Gasteiger partial charge in [0.1, 0.15) is 0 Å².